The molecule has 1 rings (SSSR count). The fourth-order valence-corrected chi connectivity index (χ4v) is 1.51. The van der Waals surface area contributed by atoms with Crippen molar-refractivity contribution >= 4 is 17.7 Å². The van der Waals surface area contributed by atoms with Gasteiger partial charge in [-0.1, -0.05) is 13.2 Å². The lowest BCUT2D eigenvalue weighted by molar-refractivity contribution is -0.139. The minimum Gasteiger partial charge on any atom is -0.459 e. The Kier molecular flexibility index (Phi) is 8.34. The van der Waals surface area contributed by atoms with Crippen molar-refractivity contribution in [3.05, 3.63) is 24.8 Å². The summed E-state index contributed by atoms with van der Waals surface area (Å²) in [6.07, 6.45) is 1.68. The van der Waals surface area contributed by atoms with Crippen LogP contribution < -0.4 is 5.32 Å². The first-order chi connectivity index (χ1) is 10.1. The second kappa shape index (κ2) is 9.15. The van der Waals surface area contributed by atoms with Crippen LogP contribution in [0.4, 0.5) is 0 Å². The summed E-state index contributed by atoms with van der Waals surface area (Å²) < 4.78 is 9.60. The van der Waals surface area contributed by atoms with E-state index >= 15 is 0 Å². The zero-order valence-electron chi connectivity index (χ0n) is 13.7. The molecule has 0 aromatic rings. The van der Waals surface area contributed by atoms with Crippen LogP contribution in [0.2, 0.25) is 0 Å². The molecule has 1 amide bonds. The van der Waals surface area contributed by atoms with E-state index in [4.69, 9.17) is 9.47 Å². The number of amides is 1. The fraction of sp³-hybridized carbons (Fsp3) is 0.562. The number of hydrogen-bond acceptors (Lipinski definition) is 5. The summed E-state index contributed by atoms with van der Waals surface area (Å²) in [5.41, 5.74) is -0.0439. The third-order valence-corrected chi connectivity index (χ3v) is 2.49. The van der Waals surface area contributed by atoms with Crippen molar-refractivity contribution in [2.45, 2.75) is 45.8 Å². The highest BCUT2D eigenvalue weighted by atomic mass is 16.6. The highest BCUT2D eigenvalue weighted by molar-refractivity contribution is 5.88. The largest absolute Gasteiger partial charge is 0.459 e. The van der Waals surface area contributed by atoms with E-state index in [1.807, 2.05) is 0 Å². The number of hydrogen-bond donors (Lipinski definition) is 1. The van der Waals surface area contributed by atoms with Crippen LogP contribution in [-0.2, 0) is 23.9 Å². The van der Waals surface area contributed by atoms with Crippen molar-refractivity contribution < 1.29 is 23.9 Å². The van der Waals surface area contributed by atoms with Gasteiger partial charge < -0.3 is 14.8 Å². The minimum absolute atomic E-state index is 0.0596. The molecule has 0 bridgehead atoms. The van der Waals surface area contributed by atoms with Crippen LogP contribution in [-0.4, -0.2) is 42.5 Å². The van der Waals surface area contributed by atoms with Crippen LogP contribution in [0.5, 0.6) is 0 Å². The molecule has 0 spiro atoms. The van der Waals surface area contributed by atoms with E-state index in [2.05, 4.69) is 18.5 Å². The number of ether oxygens (including phenoxy) is 2. The van der Waals surface area contributed by atoms with Crippen LogP contribution in [0.3, 0.4) is 0 Å². The molecule has 0 radical (unpaired) electrons. The smallest absolute Gasteiger partial charge is 0.333 e. The summed E-state index contributed by atoms with van der Waals surface area (Å²) in [5, 5.41) is 2.66. The second-order valence-electron chi connectivity index (χ2n) is 5.79. The molecule has 1 aliphatic heterocycles. The Labute approximate surface area is 131 Å². The zero-order valence-corrected chi connectivity index (χ0v) is 13.7. The first kappa shape index (κ1) is 20.1. The van der Waals surface area contributed by atoms with Crippen molar-refractivity contribution in [3.8, 4) is 0 Å². The lowest BCUT2D eigenvalue weighted by atomic mass is 9.98. The average Bonchev–Trinajstić information content (AvgIpc) is 3.18. The fourth-order valence-electron chi connectivity index (χ4n) is 1.51. The number of Topliss-reactive ketones (excluding diaryl/α,β-unsaturated/α-hetero) is 1. The van der Waals surface area contributed by atoms with Gasteiger partial charge in [0.2, 0.25) is 5.91 Å². The molecule has 124 valence electrons. The molecule has 1 heterocycles. The van der Waals surface area contributed by atoms with Crippen molar-refractivity contribution in [2.24, 2.45) is 0 Å². The maximum atomic E-state index is 10.9. The predicted molar refractivity (Wildman–Crippen MR) is 83.2 cm³/mol. The third-order valence-electron chi connectivity index (χ3n) is 2.49. The monoisotopic (exact) mass is 311 g/mol. The van der Waals surface area contributed by atoms with E-state index in [1.165, 1.54) is 13.0 Å². The van der Waals surface area contributed by atoms with Gasteiger partial charge in [0.1, 0.15) is 18.5 Å². The maximum Gasteiger partial charge on any atom is 0.333 e. The van der Waals surface area contributed by atoms with Gasteiger partial charge in [0.15, 0.2) is 0 Å². The van der Waals surface area contributed by atoms with Gasteiger partial charge in [-0.2, -0.15) is 0 Å². The number of epoxide rings is 1. The van der Waals surface area contributed by atoms with E-state index in [9.17, 15) is 14.4 Å². The number of ketones is 1. The SMILES string of the molecule is C=C(C)C(=O)OCC1CO1.C=CC(=O)NC(C)(C)CC(C)=O. The molecule has 0 aliphatic carbocycles. The van der Waals surface area contributed by atoms with Gasteiger partial charge in [0.05, 0.1) is 6.61 Å². The van der Waals surface area contributed by atoms with Crippen molar-refractivity contribution in [1.29, 1.82) is 0 Å². The number of carbonyl (C=O) groups excluding carboxylic acids is 3. The van der Waals surface area contributed by atoms with Crippen LogP contribution in [0.15, 0.2) is 24.8 Å². The lowest BCUT2D eigenvalue weighted by Gasteiger charge is -2.23. The molecule has 1 aliphatic rings. The van der Waals surface area contributed by atoms with Crippen LogP contribution in [0.1, 0.15) is 34.1 Å². The molecule has 1 atom stereocenters. The second-order valence-corrected chi connectivity index (χ2v) is 5.79. The maximum absolute atomic E-state index is 10.9. The van der Waals surface area contributed by atoms with Gasteiger partial charge >= 0.3 is 5.97 Å². The summed E-state index contributed by atoms with van der Waals surface area (Å²) in [5.74, 6) is -0.527. The van der Waals surface area contributed by atoms with E-state index in [-0.39, 0.29) is 23.8 Å². The first-order valence-electron chi connectivity index (χ1n) is 6.95. The normalized spacial score (nSPS) is 15.7. The molecule has 1 N–H and O–H groups in total. The number of esters is 1. The third kappa shape index (κ3) is 10.8. The van der Waals surface area contributed by atoms with Gasteiger partial charge in [-0.25, -0.2) is 4.79 Å². The minimum atomic E-state index is -0.475. The summed E-state index contributed by atoms with van der Waals surface area (Å²) in [6.45, 7) is 14.6. The Bertz CT molecular complexity index is 449. The summed E-state index contributed by atoms with van der Waals surface area (Å²) >= 11 is 0. The molecule has 1 saturated heterocycles. The molecular formula is C16H25NO5. The van der Waals surface area contributed by atoms with E-state index in [0.717, 1.165) is 0 Å². The number of carbonyl (C=O) groups is 3. The van der Waals surface area contributed by atoms with Gasteiger partial charge in [-0.05, 0) is 33.8 Å². The van der Waals surface area contributed by atoms with Crippen LogP contribution in [0, 0.1) is 0 Å². The van der Waals surface area contributed by atoms with Crippen LogP contribution in [0.25, 0.3) is 0 Å². The first-order valence-corrected chi connectivity index (χ1v) is 6.95. The predicted octanol–water partition coefficient (Wildman–Crippen LogP) is 1.55. The molecule has 6 nitrogen and oxygen atoms in total. The Morgan fingerprint density at radius 1 is 1.36 bits per heavy atom. The number of nitrogens with one attached hydrogen (secondary N) is 1. The van der Waals surface area contributed by atoms with Crippen molar-refractivity contribution in [1.82, 2.24) is 5.32 Å². The van der Waals surface area contributed by atoms with E-state index in [0.29, 0.717) is 25.2 Å². The Morgan fingerprint density at radius 2 is 1.91 bits per heavy atom. The molecule has 0 aromatic heterocycles. The van der Waals surface area contributed by atoms with Gasteiger partial charge in [-0.15, -0.1) is 0 Å². The topological polar surface area (TPSA) is 85.0 Å². The lowest BCUT2D eigenvalue weighted by Crippen LogP contribution is -2.43. The Morgan fingerprint density at radius 3 is 2.27 bits per heavy atom. The summed E-state index contributed by atoms with van der Waals surface area (Å²) in [7, 11) is 0. The summed E-state index contributed by atoms with van der Waals surface area (Å²) in [4.78, 5) is 32.3. The standard InChI is InChI=1S/C9H15NO2.C7H10O3/c1-5-8(12)10-9(3,4)6-7(2)11;1-5(2)7(8)10-4-6-3-9-6/h5H,1,6H2,2-4H3,(H,10,12);6H,1,3-4H2,2H3. The molecule has 0 aromatic carbocycles. The number of rotatable bonds is 7. The molecule has 6 heteroatoms. The average molecular weight is 311 g/mol. The van der Waals surface area contributed by atoms with Crippen molar-refractivity contribution in [2.75, 3.05) is 13.2 Å². The van der Waals surface area contributed by atoms with Crippen molar-refractivity contribution in [3.63, 3.8) is 0 Å². The van der Waals surface area contributed by atoms with Crippen LogP contribution >= 0.6 is 0 Å². The quantitative estimate of drug-likeness (QED) is 0.438. The molecule has 0 saturated carbocycles. The Balaban J connectivity index is 0.000000406. The zero-order chi connectivity index (χ0) is 17.3. The van der Waals surface area contributed by atoms with E-state index < -0.39 is 5.54 Å². The van der Waals surface area contributed by atoms with Gasteiger partial charge in [0, 0.05) is 17.5 Å². The molecule has 1 unspecified atom stereocenters. The molecular weight excluding hydrogens is 286 g/mol. The Hall–Kier alpha value is -1.95. The van der Waals surface area contributed by atoms with Gasteiger partial charge in [-0.3, -0.25) is 9.59 Å². The van der Waals surface area contributed by atoms with E-state index in [1.54, 1.807) is 20.8 Å². The highest BCUT2D eigenvalue weighted by Gasteiger charge is 2.24. The van der Waals surface area contributed by atoms with Gasteiger partial charge in [0.25, 0.3) is 0 Å². The highest BCUT2D eigenvalue weighted by Crippen LogP contribution is 2.09. The summed E-state index contributed by atoms with van der Waals surface area (Å²) in [6, 6.07) is 0. The molecule has 22 heavy (non-hydrogen) atoms. The molecule has 1 fully saturated rings.